The third-order valence-electron chi connectivity index (χ3n) is 5.34. The number of carbonyl (C=O) groups is 1. The van der Waals surface area contributed by atoms with E-state index in [-0.39, 0.29) is 17.6 Å². The molecule has 2 fully saturated rings. The second-order valence-electron chi connectivity index (χ2n) is 7.57. The van der Waals surface area contributed by atoms with Crippen molar-refractivity contribution in [1.29, 1.82) is 0 Å². The second-order valence-corrected chi connectivity index (χ2v) is 7.57. The molecule has 2 unspecified atom stereocenters. The van der Waals surface area contributed by atoms with Crippen LogP contribution in [0.1, 0.15) is 37.1 Å². The van der Waals surface area contributed by atoms with Crippen LogP contribution in [-0.4, -0.2) is 59.4 Å². The first-order valence-electron chi connectivity index (χ1n) is 9.42. The van der Waals surface area contributed by atoms with Gasteiger partial charge in [0.05, 0.1) is 11.8 Å². The van der Waals surface area contributed by atoms with Crippen molar-refractivity contribution in [3.8, 4) is 0 Å². The summed E-state index contributed by atoms with van der Waals surface area (Å²) in [5.41, 5.74) is 2.23. The number of hydrogen-bond acceptors (Lipinski definition) is 6. The molecule has 0 aliphatic carbocycles. The Hall–Kier alpha value is -1.99. The highest BCUT2D eigenvalue weighted by Gasteiger charge is 2.46. The van der Waals surface area contributed by atoms with Crippen LogP contribution in [0.3, 0.4) is 0 Å². The minimum Gasteiger partial charge on any atom is -0.387 e. The van der Waals surface area contributed by atoms with Crippen molar-refractivity contribution in [2.75, 3.05) is 26.2 Å². The van der Waals surface area contributed by atoms with Crippen LogP contribution in [0.2, 0.25) is 0 Å². The number of pyridine rings is 1. The van der Waals surface area contributed by atoms with Crippen LogP contribution in [-0.2, 0) is 20.9 Å². The molecule has 1 aromatic heterocycles. The summed E-state index contributed by atoms with van der Waals surface area (Å²) in [5.74, 6) is -0.129. The van der Waals surface area contributed by atoms with Gasteiger partial charge in [-0.2, -0.15) is 0 Å². The molecular weight excluding hydrogens is 332 g/mol. The number of hydrogen-bond donors (Lipinski definition) is 1. The van der Waals surface area contributed by atoms with Crippen LogP contribution < -0.4 is 5.32 Å². The molecule has 7 nitrogen and oxygen atoms in total. The molecule has 2 atom stereocenters. The van der Waals surface area contributed by atoms with E-state index < -0.39 is 0 Å². The molecule has 4 rings (SSSR count). The van der Waals surface area contributed by atoms with Crippen molar-refractivity contribution < 1.29 is 14.4 Å². The van der Waals surface area contributed by atoms with Gasteiger partial charge >= 0.3 is 0 Å². The second kappa shape index (κ2) is 7.32. The predicted molar refractivity (Wildman–Crippen MR) is 96.7 cm³/mol. The van der Waals surface area contributed by atoms with Crippen LogP contribution >= 0.6 is 0 Å². The zero-order valence-corrected chi connectivity index (χ0v) is 15.2. The number of nitrogens with zero attached hydrogens (tertiary/aromatic N) is 3. The lowest BCUT2D eigenvalue weighted by atomic mass is 9.96. The first kappa shape index (κ1) is 17.4. The lowest BCUT2D eigenvalue weighted by Crippen LogP contribution is -2.39. The van der Waals surface area contributed by atoms with Crippen molar-refractivity contribution in [3.05, 3.63) is 29.6 Å². The van der Waals surface area contributed by atoms with E-state index >= 15 is 0 Å². The zero-order chi connectivity index (χ0) is 18.0. The zero-order valence-electron chi connectivity index (χ0n) is 15.2. The minimum absolute atomic E-state index is 0.129. The maximum absolute atomic E-state index is 12.4. The van der Waals surface area contributed by atoms with Gasteiger partial charge in [-0.15, -0.1) is 0 Å². The Labute approximate surface area is 153 Å². The van der Waals surface area contributed by atoms with E-state index in [0.29, 0.717) is 18.7 Å². The van der Waals surface area contributed by atoms with E-state index in [1.54, 1.807) is 0 Å². The SMILES string of the molecule is Cc1cccc(CN2CCC3(CC(C(=O)NCC4CCCO4)=NO3)C2)n1. The van der Waals surface area contributed by atoms with Crippen molar-refractivity contribution in [2.45, 2.75) is 50.9 Å². The van der Waals surface area contributed by atoms with Crippen molar-refractivity contribution in [2.24, 2.45) is 5.16 Å². The maximum atomic E-state index is 12.4. The molecule has 4 heterocycles. The average molecular weight is 358 g/mol. The molecular formula is C19H26N4O3. The molecule has 0 radical (unpaired) electrons. The lowest BCUT2D eigenvalue weighted by Gasteiger charge is -2.21. The Kier molecular flexibility index (Phi) is 4.91. The molecule has 3 aliphatic rings. The summed E-state index contributed by atoms with van der Waals surface area (Å²) in [4.78, 5) is 25.0. The third-order valence-corrected chi connectivity index (χ3v) is 5.34. The number of aryl methyl sites for hydroxylation is 1. The number of nitrogens with one attached hydrogen (secondary N) is 1. The minimum atomic E-state index is -0.361. The van der Waals surface area contributed by atoms with E-state index in [0.717, 1.165) is 56.9 Å². The Morgan fingerprint density at radius 2 is 2.38 bits per heavy atom. The molecule has 2 saturated heterocycles. The highest BCUT2D eigenvalue weighted by Crippen LogP contribution is 2.34. The molecule has 7 heteroatoms. The third kappa shape index (κ3) is 3.88. The number of likely N-dealkylation sites (tertiary alicyclic amines) is 1. The van der Waals surface area contributed by atoms with E-state index in [4.69, 9.17) is 9.57 Å². The van der Waals surface area contributed by atoms with Gasteiger partial charge in [0.15, 0.2) is 5.60 Å². The van der Waals surface area contributed by atoms with Gasteiger partial charge in [0.25, 0.3) is 5.91 Å². The Morgan fingerprint density at radius 3 is 3.19 bits per heavy atom. The van der Waals surface area contributed by atoms with E-state index in [1.165, 1.54) is 0 Å². The van der Waals surface area contributed by atoms with Gasteiger partial charge in [-0.1, -0.05) is 11.2 Å². The van der Waals surface area contributed by atoms with Gasteiger partial charge in [0.2, 0.25) is 0 Å². The fourth-order valence-electron chi connectivity index (χ4n) is 3.96. The van der Waals surface area contributed by atoms with Crippen LogP contribution in [0.25, 0.3) is 0 Å². The van der Waals surface area contributed by atoms with Crippen LogP contribution in [0.5, 0.6) is 0 Å². The maximum Gasteiger partial charge on any atom is 0.269 e. The molecule has 1 N–H and O–H groups in total. The number of rotatable bonds is 5. The summed E-state index contributed by atoms with van der Waals surface area (Å²) in [5, 5.41) is 7.03. The van der Waals surface area contributed by atoms with Crippen LogP contribution in [0, 0.1) is 6.92 Å². The number of oxime groups is 1. The first-order chi connectivity index (χ1) is 12.6. The Morgan fingerprint density at radius 1 is 1.46 bits per heavy atom. The van der Waals surface area contributed by atoms with E-state index in [9.17, 15) is 4.79 Å². The number of aromatic nitrogens is 1. The summed E-state index contributed by atoms with van der Waals surface area (Å²) >= 11 is 0. The van der Waals surface area contributed by atoms with Crippen LogP contribution in [0.4, 0.5) is 0 Å². The van der Waals surface area contributed by atoms with Crippen molar-refractivity contribution in [1.82, 2.24) is 15.2 Å². The fraction of sp³-hybridized carbons (Fsp3) is 0.632. The summed E-state index contributed by atoms with van der Waals surface area (Å²) in [7, 11) is 0. The topological polar surface area (TPSA) is 76.1 Å². The Balaban J connectivity index is 1.27. The average Bonchev–Trinajstić information content (AvgIpc) is 3.36. The lowest BCUT2D eigenvalue weighted by molar-refractivity contribution is -0.115. The van der Waals surface area contributed by atoms with Crippen molar-refractivity contribution in [3.63, 3.8) is 0 Å². The molecule has 3 aliphatic heterocycles. The fourth-order valence-corrected chi connectivity index (χ4v) is 3.96. The largest absolute Gasteiger partial charge is 0.387 e. The summed E-state index contributed by atoms with van der Waals surface area (Å²) < 4.78 is 5.54. The molecule has 26 heavy (non-hydrogen) atoms. The molecule has 0 bridgehead atoms. The molecule has 1 spiro atoms. The summed E-state index contributed by atoms with van der Waals surface area (Å²) in [6.07, 6.45) is 3.67. The normalized spacial score (nSPS) is 28.3. The standard InChI is InChI=1S/C19H26N4O3/c1-14-4-2-5-15(21-14)12-23-8-7-19(13-23)10-17(22-26-19)18(24)20-11-16-6-3-9-25-16/h2,4-5,16H,3,6-13H2,1H3,(H,20,24). The molecule has 140 valence electrons. The summed E-state index contributed by atoms with van der Waals surface area (Å²) in [6, 6.07) is 6.09. The highest BCUT2D eigenvalue weighted by molar-refractivity contribution is 6.39. The van der Waals surface area contributed by atoms with Crippen LogP contribution in [0.15, 0.2) is 23.4 Å². The molecule has 1 amide bonds. The van der Waals surface area contributed by atoms with Gasteiger partial charge < -0.3 is 14.9 Å². The monoisotopic (exact) mass is 358 g/mol. The molecule has 0 aromatic carbocycles. The predicted octanol–water partition coefficient (Wildman–Crippen LogP) is 1.41. The van der Waals surface area contributed by atoms with Gasteiger partial charge in [0, 0.05) is 51.3 Å². The Bertz CT molecular complexity index is 702. The summed E-state index contributed by atoms with van der Waals surface area (Å²) in [6.45, 7) is 5.84. The van der Waals surface area contributed by atoms with E-state index in [2.05, 4.69) is 20.4 Å². The first-order valence-corrected chi connectivity index (χ1v) is 9.42. The smallest absolute Gasteiger partial charge is 0.269 e. The van der Waals surface area contributed by atoms with E-state index in [1.807, 2.05) is 25.1 Å². The number of ether oxygens (including phenoxy) is 1. The van der Waals surface area contributed by atoms with Gasteiger partial charge in [-0.25, -0.2) is 0 Å². The highest BCUT2D eigenvalue weighted by atomic mass is 16.7. The van der Waals surface area contributed by atoms with Crippen molar-refractivity contribution >= 4 is 11.6 Å². The molecule has 0 saturated carbocycles. The number of amides is 1. The molecule has 1 aromatic rings. The van der Waals surface area contributed by atoms with Gasteiger partial charge in [-0.3, -0.25) is 14.7 Å². The van der Waals surface area contributed by atoms with Gasteiger partial charge in [0.1, 0.15) is 5.71 Å². The quantitative estimate of drug-likeness (QED) is 0.861. The van der Waals surface area contributed by atoms with Gasteiger partial charge in [-0.05, 0) is 31.9 Å². The number of carbonyl (C=O) groups excluding carboxylic acids is 1.